The molecule has 0 aliphatic carbocycles. The Labute approximate surface area is 65.7 Å². The van der Waals surface area contributed by atoms with Crippen LogP contribution in [0.25, 0.3) is 0 Å². The Morgan fingerprint density at radius 2 is 0.833 bits per heavy atom. The summed E-state index contributed by atoms with van der Waals surface area (Å²) in [7, 11) is 20.1. The average Bonchev–Trinajstić information content (AvgIpc) is 0.722. The summed E-state index contributed by atoms with van der Waals surface area (Å²) < 4.78 is 0. The molecule has 0 nitrogen and oxygen atoms in total. The fourth-order valence-corrected chi connectivity index (χ4v) is 0. The van der Waals surface area contributed by atoms with E-state index in [1.54, 1.807) is 0 Å². The molecule has 0 fully saturated rings. The first-order chi connectivity index (χ1) is 2.00. The summed E-state index contributed by atoms with van der Waals surface area (Å²) in [5.41, 5.74) is 0. The van der Waals surface area contributed by atoms with Gasteiger partial charge in [0.25, 0.3) is 0 Å². The van der Waals surface area contributed by atoms with Crippen molar-refractivity contribution >= 4 is 49.6 Å². The molecule has 0 aromatic heterocycles. The number of hydrogen-bond donors (Lipinski definition) is 0. The van der Waals surface area contributed by atoms with Crippen LogP contribution in [0.1, 0.15) is 0 Å². The van der Waals surface area contributed by atoms with Crippen LogP contribution in [0.15, 0.2) is 0 Å². The van der Waals surface area contributed by atoms with Gasteiger partial charge in [-0.25, -0.2) is 0 Å². The van der Waals surface area contributed by atoms with Crippen LogP contribution < -0.4 is 0 Å². The van der Waals surface area contributed by atoms with Crippen molar-refractivity contribution in [2.45, 2.75) is 0 Å². The molecule has 0 rings (SSSR count). The van der Waals surface area contributed by atoms with Crippen molar-refractivity contribution in [3.05, 3.63) is 0 Å². The second kappa shape index (κ2) is 4.37. The van der Waals surface area contributed by atoms with Gasteiger partial charge in [0.2, 0.25) is 0 Å². The van der Waals surface area contributed by atoms with Gasteiger partial charge in [0.05, 0.1) is 0 Å². The summed E-state index contributed by atoms with van der Waals surface area (Å²) in [6.07, 6.45) is 0. The van der Waals surface area contributed by atoms with Crippen molar-refractivity contribution in [1.29, 1.82) is 0 Å². The Bertz CT molecular complexity index is 23.0. The minimum absolute atomic E-state index is 0. The maximum absolute atomic E-state index is 5.04. The van der Waals surface area contributed by atoms with E-state index in [4.69, 9.17) is 35.7 Å². The van der Waals surface area contributed by atoms with E-state index in [-0.39, 0.29) is 17.1 Å². The summed E-state index contributed by atoms with van der Waals surface area (Å²) >= 11 is -3.29. The first-order valence-corrected chi connectivity index (χ1v) is 15.2. The molecule has 0 atom stereocenters. The molecule has 0 saturated carbocycles. The number of hydrogen-bond acceptors (Lipinski definition) is 0. The summed E-state index contributed by atoms with van der Waals surface area (Å²) in [5.74, 6) is 0. The van der Waals surface area contributed by atoms with Gasteiger partial charge in [-0.2, -0.15) is 0 Å². The molecular weight excluding hydrogens is 316 g/mol. The second-order valence-corrected chi connectivity index (χ2v) is 25.9. The van der Waals surface area contributed by atoms with Gasteiger partial charge in [-0.1, -0.05) is 0 Å². The van der Waals surface area contributed by atoms with Gasteiger partial charge in [-0.3, -0.25) is 0 Å². The zero-order chi connectivity index (χ0) is 4.50. The van der Waals surface area contributed by atoms with Gasteiger partial charge >= 0.3 is 49.6 Å². The summed E-state index contributed by atoms with van der Waals surface area (Å²) in [4.78, 5) is 0. The fraction of sp³-hybridized carbons (Fsp3) is 0. The van der Waals surface area contributed by atoms with Gasteiger partial charge in [0.1, 0.15) is 0 Å². The summed E-state index contributed by atoms with van der Waals surface area (Å²) in [5, 5.41) is 0. The van der Waals surface area contributed by atoms with E-state index in [1.165, 1.54) is 0 Å². The van der Waals surface area contributed by atoms with Crippen LogP contribution in [-0.2, 0) is 17.1 Å². The van der Waals surface area contributed by atoms with Gasteiger partial charge in [-0.05, 0) is 0 Å². The van der Waals surface area contributed by atoms with Crippen LogP contribution in [0.5, 0.6) is 0 Å². The molecule has 0 amide bonds. The van der Waals surface area contributed by atoms with Crippen molar-refractivity contribution in [2.75, 3.05) is 0 Å². The van der Waals surface area contributed by atoms with Crippen molar-refractivity contribution in [3.63, 3.8) is 0 Å². The minimum Gasteiger partial charge on any atom is 0 e. The van der Waals surface area contributed by atoms with Crippen LogP contribution in [0.2, 0.25) is 0 Å². The monoisotopic (exact) mass is 316 g/mol. The minimum atomic E-state index is -3.29. The predicted octanol–water partition coefficient (Wildman–Crippen LogP) is 2.37. The van der Waals surface area contributed by atoms with E-state index in [1.807, 2.05) is 0 Å². The first-order valence-electron chi connectivity index (χ1n) is 0.756. The molecule has 6 heavy (non-hydrogen) atoms. The molecule has 0 bridgehead atoms. The molecule has 40 valence electrons. The zero-order valence-electron chi connectivity index (χ0n) is 2.37. The van der Waals surface area contributed by atoms with Crippen molar-refractivity contribution < 1.29 is 17.1 Å². The van der Waals surface area contributed by atoms with Gasteiger partial charge in [0.15, 0.2) is 0 Å². The van der Waals surface area contributed by atoms with E-state index in [9.17, 15) is 0 Å². The Morgan fingerprint density at radius 3 is 0.833 bits per heavy atom. The van der Waals surface area contributed by atoms with Gasteiger partial charge < -0.3 is 0 Å². The van der Waals surface area contributed by atoms with E-state index >= 15 is 0 Å². The molecule has 0 saturated heterocycles. The molecule has 0 unspecified atom stereocenters. The second-order valence-electron chi connectivity index (χ2n) is 0.429. The van der Waals surface area contributed by atoms with Crippen molar-refractivity contribution in [1.82, 2.24) is 0 Å². The number of halogens is 4. The SMILES string of the molecule is [Cl][Sn]([Cl])([Cl])[Cl].[Fe]. The summed E-state index contributed by atoms with van der Waals surface area (Å²) in [6.45, 7) is 0. The molecule has 0 spiro atoms. The predicted molar refractivity (Wildman–Crippen MR) is 29.2 cm³/mol. The zero-order valence-corrected chi connectivity index (χ0v) is 9.35. The largest absolute Gasteiger partial charge is 0 e. The third kappa shape index (κ3) is 31.7. The molecule has 0 aliphatic rings. The molecule has 0 aromatic carbocycles. The quantitative estimate of drug-likeness (QED) is 0.602. The maximum atomic E-state index is 5.04. The first kappa shape index (κ1) is 11.3. The molecule has 0 aliphatic heterocycles. The Balaban J connectivity index is 0. The summed E-state index contributed by atoms with van der Waals surface area (Å²) in [6, 6.07) is 0. The molecule has 0 radical (unpaired) electrons. The molecule has 6 heteroatoms. The van der Waals surface area contributed by atoms with Crippen LogP contribution in [0, 0.1) is 0 Å². The molecular formula is Cl4FeSn. The third-order valence-corrected chi connectivity index (χ3v) is 0. The van der Waals surface area contributed by atoms with Gasteiger partial charge in [0, 0.05) is 17.1 Å². The van der Waals surface area contributed by atoms with Crippen LogP contribution in [0.4, 0.5) is 0 Å². The van der Waals surface area contributed by atoms with E-state index < -0.39 is 13.9 Å². The molecule has 0 heterocycles. The fourth-order valence-electron chi connectivity index (χ4n) is 0. The standard InChI is InChI=1S/4ClH.Fe.Sn/h4*1H;;/q;;;;;+4/p-4. The van der Waals surface area contributed by atoms with Gasteiger partial charge in [-0.15, -0.1) is 0 Å². The number of rotatable bonds is 0. The van der Waals surface area contributed by atoms with Crippen molar-refractivity contribution in [3.8, 4) is 0 Å². The Hall–Kier alpha value is 2.48. The van der Waals surface area contributed by atoms with Crippen LogP contribution >= 0.6 is 35.7 Å². The smallest absolute Gasteiger partial charge is 0 e. The van der Waals surface area contributed by atoms with E-state index in [0.717, 1.165) is 0 Å². The molecule has 0 N–H and O–H groups in total. The Kier molecular flexibility index (Phi) is 8.22. The normalized spacial score (nSPS) is 10.0. The maximum Gasteiger partial charge on any atom is 0 e. The third-order valence-electron chi connectivity index (χ3n) is 0. The van der Waals surface area contributed by atoms with Crippen LogP contribution in [0.3, 0.4) is 0 Å². The topological polar surface area (TPSA) is 0 Å². The van der Waals surface area contributed by atoms with Crippen LogP contribution in [-0.4, -0.2) is 13.9 Å². The van der Waals surface area contributed by atoms with E-state index in [0.29, 0.717) is 0 Å². The Morgan fingerprint density at radius 1 is 0.833 bits per heavy atom. The van der Waals surface area contributed by atoms with Crippen molar-refractivity contribution in [2.24, 2.45) is 0 Å². The average molecular weight is 316 g/mol. The van der Waals surface area contributed by atoms with E-state index in [2.05, 4.69) is 0 Å². The molecule has 0 aromatic rings.